The maximum Gasteiger partial charge on any atom is 0.343 e. The molecule has 0 atom stereocenters. The molecule has 2 aromatic rings. The van der Waals surface area contributed by atoms with Crippen molar-refractivity contribution in [2.45, 2.75) is 25.3 Å². The monoisotopic (exact) mass is 456 g/mol. The van der Waals surface area contributed by atoms with Crippen LogP contribution in [-0.4, -0.2) is 57.8 Å². The lowest BCUT2D eigenvalue weighted by atomic mass is 10.1. The summed E-state index contributed by atoms with van der Waals surface area (Å²) in [4.78, 5) is 35.4. The molecule has 33 heavy (non-hydrogen) atoms. The molecule has 0 saturated heterocycles. The van der Waals surface area contributed by atoms with E-state index in [1.807, 2.05) is 12.1 Å². The average Bonchev–Trinajstić information content (AvgIpc) is 3.65. The van der Waals surface area contributed by atoms with Crippen LogP contribution in [0.5, 0.6) is 17.2 Å². The van der Waals surface area contributed by atoms with E-state index in [1.54, 1.807) is 30.3 Å². The van der Waals surface area contributed by atoms with Gasteiger partial charge in [0.15, 0.2) is 24.7 Å². The third-order valence-electron chi connectivity index (χ3n) is 4.93. The second-order valence-electron chi connectivity index (χ2n) is 7.51. The van der Waals surface area contributed by atoms with E-state index in [0.29, 0.717) is 41.8 Å². The number of benzene rings is 2. The van der Waals surface area contributed by atoms with Crippen molar-refractivity contribution >= 4 is 17.8 Å². The van der Waals surface area contributed by atoms with Gasteiger partial charge in [-0.05, 0) is 55.2 Å². The molecule has 9 heteroatoms. The molecular formula is C24H28N2O7. The van der Waals surface area contributed by atoms with Crippen molar-refractivity contribution < 1.29 is 33.3 Å². The lowest BCUT2D eigenvalue weighted by Crippen LogP contribution is -2.30. The lowest BCUT2D eigenvalue weighted by molar-refractivity contribution is -0.142. The van der Waals surface area contributed by atoms with E-state index in [9.17, 15) is 14.4 Å². The number of hydrogen-bond acceptors (Lipinski definition) is 7. The Labute approximate surface area is 192 Å². The molecule has 2 amide bonds. The Kier molecular flexibility index (Phi) is 8.51. The predicted molar refractivity (Wildman–Crippen MR) is 120 cm³/mol. The van der Waals surface area contributed by atoms with E-state index in [1.165, 1.54) is 14.2 Å². The highest BCUT2D eigenvalue weighted by Crippen LogP contribution is 2.28. The van der Waals surface area contributed by atoms with Gasteiger partial charge in [0, 0.05) is 18.2 Å². The van der Waals surface area contributed by atoms with Gasteiger partial charge in [-0.25, -0.2) is 4.79 Å². The molecule has 0 aliphatic heterocycles. The Morgan fingerprint density at radius 1 is 0.939 bits per heavy atom. The van der Waals surface area contributed by atoms with E-state index < -0.39 is 5.97 Å². The number of methoxy groups -OCH3 is 2. The molecule has 1 fully saturated rings. The first-order valence-electron chi connectivity index (χ1n) is 10.7. The van der Waals surface area contributed by atoms with Crippen molar-refractivity contribution in [1.29, 1.82) is 0 Å². The van der Waals surface area contributed by atoms with Crippen LogP contribution in [0, 0.1) is 0 Å². The van der Waals surface area contributed by atoms with Crippen LogP contribution < -0.4 is 24.8 Å². The van der Waals surface area contributed by atoms with Gasteiger partial charge in [-0.1, -0.05) is 12.1 Å². The summed E-state index contributed by atoms with van der Waals surface area (Å²) < 4.78 is 20.6. The van der Waals surface area contributed by atoms with Gasteiger partial charge < -0.3 is 29.6 Å². The number of ether oxygens (including phenoxy) is 4. The Hall–Kier alpha value is -3.75. The molecule has 1 saturated carbocycles. The van der Waals surface area contributed by atoms with Gasteiger partial charge in [0.1, 0.15) is 5.75 Å². The summed E-state index contributed by atoms with van der Waals surface area (Å²) in [7, 11) is 2.73. The Morgan fingerprint density at radius 3 is 2.36 bits per heavy atom. The number of amides is 2. The lowest BCUT2D eigenvalue weighted by Gasteiger charge is -2.12. The number of esters is 1. The van der Waals surface area contributed by atoms with Crippen molar-refractivity contribution in [1.82, 2.24) is 10.6 Å². The molecule has 2 aromatic carbocycles. The highest BCUT2D eigenvalue weighted by Gasteiger charge is 2.23. The second-order valence-corrected chi connectivity index (χ2v) is 7.51. The summed E-state index contributed by atoms with van der Waals surface area (Å²) in [6.07, 6.45) is 2.72. The first kappa shape index (κ1) is 23.9. The van der Waals surface area contributed by atoms with Crippen molar-refractivity contribution in [2.75, 3.05) is 34.0 Å². The number of carbonyl (C=O) groups is 3. The largest absolute Gasteiger partial charge is 0.493 e. The molecule has 9 nitrogen and oxygen atoms in total. The van der Waals surface area contributed by atoms with Crippen molar-refractivity contribution in [3.8, 4) is 17.2 Å². The number of hydrogen-bond donors (Lipinski definition) is 2. The number of carbonyl (C=O) groups excluding carboxylic acids is 3. The highest BCUT2D eigenvalue weighted by atomic mass is 16.6. The fourth-order valence-electron chi connectivity index (χ4n) is 2.94. The highest BCUT2D eigenvalue weighted by molar-refractivity contribution is 5.94. The third-order valence-corrected chi connectivity index (χ3v) is 4.93. The number of rotatable bonds is 12. The molecule has 1 aliphatic rings. The molecule has 0 bridgehead atoms. The minimum atomic E-state index is -0.516. The van der Waals surface area contributed by atoms with Crippen molar-refractivity contribution in [3.63, 3.8) is 0 Å². The van der Waals surface area contributed by atoms with Gasteiger partial charge in [-0.2, -0.15) is 0 Å². The first-order valence-corrected chi connectivity index (χ1v) is 10.7. The SMILES string of the molecule is COC(=O)COc1ccc(C(=O)NCCc2ccc(OCC(=O)NC3CC3)cc2)cc1OC. The predicted octanol–water partition coefficient (Wildman–Crippen LogP) is 1.88. The summed E-state index contributed by atoms with van der Waals surface area (Å²) in [6.45, 7) is 0.184. The first-order chi connectivity index (χ1) is 16.0. The van der Waals surface area contributed by atoms with Gasteiger partial charge in [0.05, 0.1) is 14.2 Å². The maximum atomic E-state index is 12.5. The van der Waals surface area contributed by atoms with Crippen LogP contribution in [0.4, 0.5) is 0 Å². The van der Waals surface area contributed by atoms with Crippen LogP contribution in [0.2, 0.25) is 0 Å². The van der Waals surface area contributed by atoms with E-state index in [0.717, 1.165) is 18.4 Å². The fraction of sp³-hybridized carbons (Fsp3) is 0.375. The summed E-state index contributed by atoms with van der Waals surface area (Å²) in [5, 5.41) is 5.74. The van der Waals surface area contributed by atoms with Crippen LogP contribution in [0.25, 0.3) is 0 Å². The zero-order valence-corrected chi connectivity index (χ0v) is 18.7. The standard InChI is InChI=1S/C24H28N2O7/c1-30-21-13-17(5-10-20(21)33-15-23(28)31-2)24(29)25-12-11-16-3-8-19(9-4-16)32-14-22(27)26-18-6-7-18/h3-5,8-10,13,18H,6-7,11-12,14-15H2,1-2H3,(H,25,29)(H,26,27). The molecule has 0 aromatic heterocycles. The minimum absolute atomic E-state index is 0.00187. The van der Waals surface area contributed by atoms with E-state index in [2.05, 4.69) is 15.4 Å². The van der Waals surface area contributed by atoms with Gasteiger partial charge in [0.2, 0.25) is 0 Å². The number of nitrogens with one attached hydrogen (secondary N) is 2. The van der Waals surface area contributed by atoms with Crippen LogP contribution in [0.3, 0.4) is 0 Å². The van der Waals surface area contributed by atoms with Gasteiger partial charge in [-0.3, -0.25) is 9.59 Å². The topological polar surface area (TPSA) is 112 Å². The van der Waals surface area contributed by atoms with Gasteiger partial charge in [0.25, 0.3) is 11.8 Å². The maximum absolute atomic E-state index is 12.5. The minimum Gasteiger partial charge on any atom is -0.493 e. The molecule has 0 heterocycles. The van der Waals surface area contributed by atoms with Gasteiger partial charge >= 0.3 is 5.97 Å². The third kappa shape index (κ3) is 7.71. The molecule has 0 unspecified atom stereocenters. The van der Waals surface area contributed by atoms with Crippen molar-refractivity contribution in [2.24, 2.45) is 0 Å². The van der Waals surface area contributed by atoms with Gasteiger partial charge in [-0.15, -0.1) is 0 Å². The van der Waals surface area contributed by atoms with Crippen LogP contribution >= 0.6 is 0 Å². The summed E-state index contributed by atoms with van der Waals surface area (Å²) in [5.41, 5.74) is 1.43. The average molecular weight is 456 g/mol. The molecule has 0 spiro atoms. The van der Waals surface area contributed by atoms with Crippen LogP contribution in [0.15, 0.2) is 42.5 Å². The summed E-state index contributed by atoms with van der Waals surface area (Å²) >= 11 is 0. The normalized spacial score (nSPS) is 12.4. The molecule has 176 valence electrons. The molecule has 2 N–H and O–H groups in total. The van der Waals surface area contributed by atoms with E-state index in [4.69, 9.17) is 14.2 Å². The molecule has 1 aliphatic carbocycles. The Balaban J connectivity index is 1.43. The van der Waals surface area contributed by atoms with E-state index >= 15 is 0 Å². The van der Waals surface area contributed by atoms with Crippen LogP contribution in [-0.2, 0) is 20.7 Å². The summed E-state index contributed by atoms with van der Waals surface area (Å²) in [5.74, 6) is 0.422. The second kappa shape index (κ2) is 11.8. The van der Waals surface area contributed by atoms with Crippen molar-refractivity contribution in [3.05, 3.63) is 53.6 Å². The Morgan fingerprint density at radius 2 is 1.70 bits per heavy atom. The zero-order chi connectivity index (χ0) is 23.6. The molecule has 0 radical (unpaired) electrons. The quantitative estimate of drug-likeness (QED) is 0.469. The smallest absolute Gasteiger partial charge is 0.343 e. The fourth-order valence-corrected chi connectivity index (χ4v) is 2.94. The molecule has 3 rings (SSSR count). The van der Waals surface area contributed by atoms with Crippen LogP contribution in [0.1, 0.15) is 28.8 Å². The Bertz CT molecular complexity index is 971. The summed E-state index contributed by atoms with van der Waals surface area (Å²) in [6, 6.07) is 12.4. The molecular weight excluding hydrogens is 428 g/mol. The zero-order valence-electron chi connectivity index (χ0n) is 18.7. The van der Waals surface area contributed by atoms with E-state index in [-0.39, 0.29) is 25.0 Å².